The van der Waals surface area contributed by atoms with E-state index in [2.05, 4.69) is 14.5 Å². The molecule has 47 heavy (non-hydrogen) atoms. The maximum atomic E-state index is 13.1. The van der Waals surface area contributed by atoms with Gasteiger partial charge in [0.15, 0.2) is 11.5 Å². The minimum absolute atomic E-state index is 0.0479. The van der Waals surface area contributed by atoms with Gasteiger partial charge in [0.1, 0.15) is 22.8 Å². The monoisotopic (exact) mass is 652 g/mol. The molecule has 2 saturated heterocycles. The zero-order chi connectivity index (χ0) is 32.9. The maximum absolute atomic E-state index is 13.1. The summed E-state index contributed by atoms with van der Waals surface area (Å²) in [4.78, 5) is 23.3. The number of carbonyl (C=O) groups is 1. The molecule has 248 valence electrons. The molecule has 0 bridgehead atoms. The van der Waals surface area contributed by atoms with E-state index in [4.69, 9.17) is 23.9 Å². The highest BCUT2D eigenvalue weighted by atomic mass is 19.4. The molecule has 0 radical (unpaired) electrons. The predicted octanol–water partition coefficient (Wildman–Crippen LogP) is 6.36. The number of rotatable bonds is 9. The van der Waals surface area contributed by atoms with Crippen LogP contribution in [0.4, 0.5) is 13.2 Å². The highest BCUT2D eigenvalue weighted by Gasteiger charge is 2.43. The Balaban J connectivity index is 1.09. The number of likely N-dealkylation sites (tertiary alicyclic amines) is 1. The molecule has 3 aliphatic rings. The number of para-hydroxylation sites is 1. The molecule has 7 rings (SSSR count). The molecule has 1 unspecified atom stereocenters. The van der Waals surface area contributed by atoms with Crippen LogP contribution in [0.2, 0.25) is 0 Å². The number of hydrogen-bond donors (Lipinski definition) is 1. The Morgan fingerprint density at radius 1 is 1.13 bits per heavy atom. The van der Waals surface area contributed by atoms with Crippen molar-refractivity contribution in [2.24, 2.45) is 0 Å². The predicted molar refractivity (Wildman–Crippen MR) is 164 cm³/mol. The van der Waals surface area contributed by atoms with Gasteiger partial charge in [-0.15, -0.1) is 0 Å². The highest BCUT2D eigenvalue weighted by molar-refractivity contribution is 5.95. The van der Waals surface area contributed by atoms with E-state index in [-0.39, 0.29) is 23.3 Å². The van der Waals surface area contributed by atoms with E-state index in [0.717, 1.165) is 61.5 Å². The number of carboxylic acid groups (broad SMARTS) is 1. The third kappa shape index (κ3) is 5.98. The van der Waals surface area contributed by atoms with E-state index in [1.165, 1.54) is 12.1 Å². The zero-order valence-electron chi connectivity index (χ0n) is 26.0. The highest BCUT2D eigenvalue weighted by Crippen LogP contribution is 2.49. The molecule has 0 spiro atoms. The Labute approximate surface area is 269 Å². The van der Waals surface area contributed by atoms with Gasteiger partial charge in [-0.1, -0.05) is 12.1 Å². The molecule has 1 N–H and O–H groups in total. The molecule has 2 fully saturated rings. The molecule has 0 amide bonds. The van der Waals surface area contributed by atoms with Crippen LogP contribution in [-0.2, 0) is 29.8 Å². The van der Waals surface area contributed by atoms with Crippen LogP contribution in [0, 0.1) is 0 Å². The van der Waals surface area contributed by atoms with Gasteiger partial charge in [-0.2, -0.15) is 13.2 Å². The van der Waals surface area contributed by atoms with Crippen molar-refractivity contribution in [3.8, 4) is 17.2 Å². The van der Waals surface area contributed by atoms with Crippen LogP contribution < -0.4 is 14.2 Å². The number of imidazole rings is 1. The zero-order valence-corrected chi connectivity index (χ0v) is 26.0. The first-order valence-electron chi connectivity index (χ1n) is 15.8. The summed E-state index contributed by atoms with van der Waals surface area (Å²) in [5.41, 5.74) is 1.92. The van der Waals surface area contributed by atoms with Crippen molar-refractivity contribution >= 4 is 17.0 Å². The van der Waals surface area contributed by atoms with E-state index < -0.39 is 23.5 Å². The lowest BCUT2D eigenvalue weighted by molar-refractivity contribution is -0.138. The number of carboxylic acids is 1. The van der Waals surface area contributed by atoms with E-state index in [1.807, 2.05) is 19.1 Å². The average Bonchev–Trinajstić information content (AvgIpc) is 3.56. The summed E-state index contributed by atoms with van der Waals surface area (Å²) in [7, 11) is 0. The summed E-state index contributed by atoms with van der Waals surface area (Å²) in [5, 5.41) is 9.76. The Bertz CT molecular complexity index is 1800. The molecule has 5 heterocycles. The number of aromatic carboxylic acids is 1. The van der Waals surface area contributed by atoms with Gasteiger partial charge in [0.05, 0.1) is 42.4 Å². The normalized spacial score (nSPS) is 21.6. The Morgan fingerprint density at radius 2 is 1.91 bits per heavy atom. The second-order valence-corrected chi connectivity index (χ2v) is 12.3. The van der Waals surface area contributed by atoms with Gasteiger partial charge in [0, 0.05) is 25.3 Å². The van der Waals surface area contributed by atoms with Crippen LogP contribution in [0.5, 0.6) is 17.2 Å². The standard InChI is InChI=1S/C34H35F3N4O6/c1-3-44-27-16-21(32(42)43)15-25-30(27)39-29(41(25)18-23-11-14-45-23)19-40-12-9-20(10-13-40)24-5-4-6-26-31(24)47-33(2,46-26)28-8-7-22(17-38-28)34(35,36)37/h4-8,15-17,20,23H,3,9-14,18-19H2,1-2H3,(H,42,43)/t23-,33?/m0/s1. The molecule has 2 aromatic heterocycles. The molecule has 0 aliphatic carbocycles. The molecule has 13 heteroatoms. The summed E-state index contributed by atoms with van der Waals surface area (Å²) in [6.07, 6.45) is -1.02. The van der Waals surface area contributed by atoms with Gasteiger partial charge < -0.3 is 28.6 Å². The van der Waals surface area contributed by atoms with Gasteiger partial charge in [-0.25, -0.2) is 9.78 Å². The summed E-state index contributed by atoms with van der Waals surface area (Å²) < 4.78 is 65.4. The van der Waals surface area contributed by atoms with E-state index in [1.54, 1.807) is 19.1 Å². The van der Waals surface area contributed by atoms with Gasteiger partial charge in [-0.3, -0.25) is 9.88 Å². The van der Waals surface area contributed by atoms with Gasteiger partial charge in [0.2, 0.25) is 0 Å². The lowest BCUT2D eigenvalue weighted by Crippen LogP contribution is -2.35. The van der Waals surface area contributed by atoms with Crippen molar-refractivity contribution in [2.75, 3.05) is 26.3 Å². The maximum Gasteiger partial charge on any atom is 0.417 e. The number of nitrogens with zero attached hydrogens (tertiary/aromatic N) is 4. The Hall–Kier alpha value is -4.36. The summed E-state index contributed by atoms with van der Waals surface area (Å²) in [6.45, 7) is 7.34. The van der Waals surface area contributed by atoms with Crippen LogP contribution in [0.25, 0.3) is 11.0 Å². The number of alkyl halides is 3. The molecule has 2 atom stereocenters. The molecule has 10 nitrogen and oxygen atoms in total. The summed E-state index contributed by atoms with van der Waals surface area (Å²) in [6, 6.07) is 11.2. The fourth-order valence-electron chi connectivity index (χ4n) is 6.59. The molecule has 4 aromatic rings. The lowest BCUT2D eigenvalue weighted by Gasteiger charge is -2.33. The van der Waals surface area contributed by atoms with Crippen LogP contribution in [0.15, 0.2) is 48.7 Å². The van der Waals surface area contributed by atoms with Crippen LogP contribution in [0.1, 0.15) is 72.0 Å². The van der Waals surface area contributed by atoms with Crippen molar-refractivity contribution in [3.05, 3.63) is 76.9 Å². The van der Waals surface area contributed by atoms with Crippen LogP contribution >= 0.6 is 0 Å². The molecule has 3 aliphatic heterocycles. The molecule has 2 aromatic carbocycles. The topological polar surface area (TPSA) is 108 Å². The van der Waals surface area contributed by atoms with Crippen molar-refractivity contribution < 1.29 is 42.0 Å². The largest absolute Gasteiger partial charge is 0.492 e. The lowest BCUT2D eigenvalue weighted by atomic mass is 9.88. The van der Waals surface area contributed by atoms with E-state index >= 15 is 0 Å². The first-order chi connectivity index (χ1) is 22.5. The SMILES string of the molecule is CCOc1cc(C(=O)O)cc2c1nc(CN1CCC(c3cccc4c3OC(C)(c3ccc(C(F)(F)F)cn3)O4)CC1)n2C[C@@H]1CCO1. The second-order valence-electron chi connectivity index (χ2n) is 12.3. The fourth-order valence-corrected chi connectivity index (χ4v) is 6.59. The summed E-state index contributed by atoms with van der Waals surface area (Å²) in [5.74, 6) is 0.207. The number of benzene rings is 2. The molecular formula is C34H35F3N4O6. The number of pyridine rings is 1. The van der Waals surface area contributed by atoms with Gasteiger partial charge in [-0.05, 0) is 75.5 Å². The van der Waals surface area contributed by atoms with E-state index in [0.29, 0.717) is 49.1 Å². The third-order valence-electron chi connectivity index (χ3n) is 9.18. The number of ether oxygens (including phenoxy) is 4. The quantitative estimate of drug-likeness (QED) is 0.221. The third-order valence-corrected chi connectivity index (χ3v) is 9.18. The first kappa shape index (κ1) is 31.3. The smallest absolute Gasteiger partial charge is 0.417 e. The number of halogens is 3. The Morgan fingerprint density at radius 3 is 2.55 bits per heavy atom. The molecule has 0 saturated carbocycles. The Kier molecular flexibility index (Phi) is 7.99. The van der Waals surface area contributed by atoms with Gasteiger partial charge >= 0.3 is 12.1 Å². The van der Waals surface area contributed by atoms with Crippen LogP contribution in [-0.4, -0.2) is 62.9 Å². The average molecular weight is 653 g/mol. The minimum atomic E-state index is -4.48. The van der Waals surface area contributed by atoms with Crippen molar-refractivity contribution in [2.45, 2.75) is 70.2 Å². The van der Waals surface area contributed by atoms with Crippen LogP contribution in [0.3, 0.4) is 0 Å². The number of aromatic nitrogens is 3. The minimum Gasteiger partial charge on any atom is -0.492 e. The second kappa shape index (κ2) is 12.0. The van der Waals surface area contributed by atoms with Crippen molar-refractivity contribution in [1.82, 2.24) is 19.4 Å². The fraction of sp³-hybridized carbons (Fsp3) is 0.441. The van der Waals surface area contributed by atoms with E-state index in [9.17, 15) is 23.1 Å². The number of piperidine rings is 1. The molecular weight excluding hydrogens is 617 g/mol. The first-order valence-corrected chi connectivity index (χ1v) is 15.8. The van der Waals surface area contributed by atoms with Gasteiger partial charge in [0.25, 0.3) is 5.79 Å². The number of fused-ring (bicyclic) bond motifs is 2. The number of hydrogen-bond acceptors (Lipinski definition) is 8. The van der Waals surface area contributed by atoms with Crippen molar-refractivity contribution in [3.63, 3.8) is 0 Å². The summed E-state index contributed by atoms with van der Waals surface area (Å²) >= 11 is 0. The van der Waals surface area contributed by atoms with Crippen molar-refractivity contribution in [1.29, 1.82) is 0 Å².